The van der Waals surface area contributed by atoms with Crippen LogP contribution in [-0.4, -0.2) is 28.8 Å². The molecule has 2 N–H and O–H groups in total. The summed E-state index contributed by atoms with van der Waals surface area (Å²) in [7, 11) is 0. The molecule has 0 aromatic carbocycles. The van der Waals surface area contributed by atoms with Gasteiger partial charge in [-0.25, -0.2) is 9.59 Å². The summed E-state index contributed by atoms with van der Waals surface area (Å²) in [6, 6.07) is -1.11. The number of amides is 1. The van der Waals surface area contributed by atoms with Gasteiger partial charge in [-0.2, -0.15) is 0 Å². The number of rotatable bonds is 3. The third kappa shape index (κ3) is 5.34. The van der Waals surface area contributed by atoms with Gasteiger partial charge < -0.3 is 15.2 Å². The number of carboxylic acid groups (broad SMARTS) is 1. The maximum absolute atomic E-state index is 11.6. The maximum Gasteiger partial charge on any atom is 0.408 e. The molecule has 0 aromatic rings. The zero-order valence-corrected chi connectivity index (χ0v) is 12.0. The molecule has 106 valence electrons. The normalized spacial score (nSPS) is 17.1. The fourth-order valence-corrected chi connectivity index (χ4v) is 1.90. The fourth-order valence-electron chi connectivity index (χ4n) is 1.65. The first-order chi connectivity index (χ1) is 8.69. The zero-order chi connectivity index (χ0) is 14.6. The van der Waals surface area contributed by atoms with Gasteiger partial charge in [0.05, 0.1) is 0 Å². The fraction of sp³-hybridized carbons (Fsp3) is 0.538. The first kappa shape index (κ1) is 15.6. The second-order valence-corrected chi connectivity index (χ2v) is 5.70. The number of halogens is 1. The molecule has 1 unspecified atom stereocenters. The van der Waals surface area contributed by atoms with Gasteiger partial charge in [0.25, 0.3) is 0 Å². The van der Waals surface area contributed by atoms with E-state index >= 15 is 0 Å². The van der Waals surface area contributed by atoms with Crippen molar-refractivity contribution < 1.29 is 19.4 Å². The van der Waals surface area contributed by atoms with E-state index in [-0.39, 0.29) is 0 Å². The second kappa shape index (κ2) is 6.10. The summed E-state index contributed by atoms with van der Waals surface area (Å²) in [6.07, 6.45) is 3.82. The van der Waals surface area contributed by atoms with Crippen LogP contribution in [0.25, 0.3) is 0 Å². The summed E-state index contributed by atoms with van der Waals surface area (Å²) in [5.74, 6) is -1.14. The van der Waals surface area contributed by atoms with E-state index in [9.17, 15) is 14.7 Å². The molecule has 0 saturated carbocycles. The topological polar surface area (TPSA) is 75.6 Å². The molecule has 0 spiro atoms. The van der Waals surface area contributed by atoms with Crippen LogP contribution in [0.2, 0.25) is 0 Å². The van der Waals surface area contributed by atoms with E-state index in [1.54, 1.807) is 32.9 Å². The molecule has 0 aliphatic heterocycles. The van der Waals surface area contributed by atoms with Crippen LogP contribution in [0.15, 0.2) is 22.8 Å². The standard InChI is InChI=1S/C13H18ClNO4/c1-13(2,3)19-12(18)15-10(11(16)17)8-5-4-6-9(14)7-8/h6-7,10H,4-5H2,1-3H3,(H,15,18)(H,16,17). The van der Waals surface area contributed by atoms with Crippen molar-refractivity contribution >= 4 is 23.7 Å². The van der Waals surface area contributed by atoms with Crippen molar-refractivity contribution in [2.75, 3.05) is 0 Å². The zero-order valence-electron chi connectivity index (χ0n) is 11.2. The highest BCUT2D eigenvalue weighted by molar-refractivity contribution is 6.31. The predicted molar refractivity (Wildman–Crippen MR) is 72.0 cm³/mol. The van der Waals surface area contributed by atoms with Gasteiger partial charge in [0.1, 0.15) is 5.60 Å². The molecule has 6 heteroatoms. The van der Waals surface area contributed by atoms with Crippen molar-refractivity contribution in [2.45, 2.75) is 45.3 Å². The average molecular weight is 288 g/mol. The van der Waals surface area contributed by atoms with Crippen LogP contribution in [0.4, 0.5) is 4.79 Å². The van der Waals surface area contributed by atoms with Crippen LogP contribution in [0.1, 0.15) is 33.6 Å². The Morgan fingerprint density at radius 3 is 2.58 bits per heavy atom. The summed E-state index contributed by atoms with van der Waals surface area (Å²) in [5.41, 5.74) is -0.114. The highest BCUT2D eigenvalue weighted by Gasteiger charge is 2.27. The van der Waals surface area contributed by atoms with Crippen LogP contribution in [0, 0.1) is 0 Å². The smallest absolute Gasteiger partial charge is 0.408 e. The number of aliphatic carboxylic acids is 1. The maximum atomic E-state index is 11.6. The highest BCUT2D eigenvalue weighted by atomic mass is 35.5. The minimum Gasteiger partial charge on any atom is -0.479 e. The number of hydrogen-bond acceptors (Lipinski definition) is 3. The summed E-state index contributed by atoms with van der Waals surface area (Å²) in [6.45, 7) is 5.13. The largest absolute Gasteiger partial charge is 0.479 e. The minimum atomic E-state index is -1.14. The number of carbonyl (C=O) groups excluding carboxylic acids is 1. The first-order valence-electron chi connectivity index (χ1n) is 5.97. The Kier molecular flexibility index (Phi) is 5.00. The monoisotopic (exact) mass is 287 g/mol. The Morgan fingerprint density at radius 2 is 2.11 bits per heavy atom. The van der Waals surface area contributed by atoms with Crippen molar-refractivity contribution in [1.29, 1.82) is 0 Å². The van der Waals surface area contributed by atoms with Crippen LogP contribution in [0.5, 0.6) is 0 Å². The molecular weight excluding hydrogens is 270 g/mol. The Hall–Kier alpha value is -1.49. The Labute approximate surface area is 117 Å². The van der Waals surface area contributed by atoms with Crippen LogP contribution in [-0.2, 0) is 9.53 Å². The van der Waals surface area contributed by atoms with Gasteiger partial charge in [0.2, 0.25) is 0 Å². The van der Waals surface area contributed by atoms with Crippen molar-refractivity contribution in [3.8, 4) is 0 Å². The van der Waals surface area contributed by atoms with Crippen LogP contribution < -0.4 is 5.32 Å². The van der Waals surface area contributed by atoms with Crippen molar-refractivity contribution in [3.63, 3.8) is 0 Å². The van der Waals surface area contributed by atoms with E-state index < -0.39 is 23.7 Å². The van der Waals surface area contributed by atoms with Gasteiger partial charge in [-0.15, -0.1) is 0 Å². The Morgan fingerprint density at radius 1 is 1.47 bits per heavy atom. The summed E-state index contributed by atoms with van der Waals surface area (Å²) < 4.78 is 5.05. The van der Waals surface area contributed by atoms with Gasteiger partial charge in [-0.3, -0.25) is 0 Å². The molecule has 5 nitrogen and oxygen atoms in total. The van der Waals surface area contributed by atoms with E-state index in [2.05, 4.69) is 5.32 Å². The van der Waals surface area contributed by atoms with Crippen molar-refractivity contribution in [3.05, 3.63) is 22.8 Å². The van der Waals surface area contributed by atoms with Crippen LogP contribution in [0.3, 0.4) is 0 Å². The van der Waals surface area contributed by atoms with Gasteiger partial charge in [-0.1, -0.05) is 17.7 Å². The van der Waals surface area contributed by atoms with E-state index in [1.807, 2.05) is 0 Å². The van der Waals surface area contributed by atoms with E-state index in [0.29, 0.717) is 23.4 Å². The predicted octanol–water partition coefficient (Wildman–Crippen LogP) is 2.81. The molecule has 1 aliphatic rings. The lowest BCUT2D eigenvalue weighted by Gasteiger charge is -2.24. The molecule has 0 fully saturated rings. The number of hydrogen-bond donors (Lipinski definition) is 2. The Bertz CT molecular complexity index is 434. The molecule has 0 bridgehead atoms. The van der Waals surface area contributed by atoms with E-state index in [0.717, 1.165) is 0 Å². The second-order valence-electron chi connectivity index (χ2n) is 5.26. The first-order valence-corrected chi connectivity index (χ1v) is 6.35. The highest BCUT2D eigenvalue weighted by Crippen LogP contribution is 2.22. The summed E-state index contributed by atoms with van der Waals surface area (Å²) in [4.78, 5) is 22.9. The SMILES string of the molecule is CC(C)(C)OC(=O)NC(C(=O)O)C1=CC(Cl)=CCC1. The van der Waals surface area contributed by atoms with Gasteiger partial charge in [0, 0.05) is 5.03 Å². The molecule has 0 heterocycles. The van der Waals surface area contributed by atoms with Crippen molar-refractivity contribution in [1.82, 2.24) is 5.32 Å². The van der Waals surface area contributed by atoms with Crippen LogP contribution >= 0.6 is 11.6 Å². The average Bonchev–Trinajstić information content (AvgIpc) is 2.23. The summed E-state index contributed by atoms with van der Waals surface area (Å²) >= 11 is 5.85. The molecule has 1 rings (SSSR count). The van der Waals surface area contributed by atoms with Crippen molar-refractivity contribution in [2.24, 2.45) is 0 Å². The Balaban J connectivity index is 2.77. The molecule has 1 atom stereocenters. The molecule has 0 radical (unpaired) electrons. The number of nitrogens with one attached hydrogen (secondary N) is 1. The summed E-state index contributed by atoms with van der Waals surface area (Å²) in [5, 5.41) is 12.0. The minimum absolute atomic E-state index is 0.485. The molecule has 0 saturated heterocycles. The number of carboxylic acids is 1. The molecule has 1 aliphatic carbocycles. The van der Waals surface area contributed by atoms with E-state index in [1.165, 1.54) is 0 Å². The third-order valence-corrected chi connectivity index (χ3v) is 2.64. The lowest BCUT2D eigenvalue weighted by Crippen LogP contribution is -2.44. The number of ether oxygens (including phenoxy) is 1. The van der Waals surface area contributed by atoms with Gasteiger partial charge >= 0.3 is 12.1 Å². The molecular formula is C13H18ClNO4. The lowest BCUT2D eigenvalue weighted by molar-refractivity contribution is -0.138. The third-order valence-electron chi connectivity index (χ3n) is 2.37. The lowest BCUT2D eigenvalue weighted by atomic mass is 9.98. The molecule has 0 aromatic heterocycles. The quantitative estimate of drug-likeness (QED) is 0.837. The van der Waals surface area contributed by atoms with Gasteiger partial charge in [-0.05, 0) is 45.3 Å². The number of allylic oxidation sites excluding steroid dienone is 3. The van der Waals surface area contributed by atoms with Gasteiger partial charge in [0.15, 0.2) is 6.04 Å². The number of carbonyl (C=O) groups is 2. The number of alkyl carbamates (subject to hydrolysis) is 1. The van der Waals surface area contributed by atoms with E-state index in [4.69, 9.17) is 16.3 Å². The molecule has 1 amide bonds. The molecule has 19 heavy (non-hydrogen) atoms.